The predicted octanol–water partition coefficient (Wildman–Crippen LogP) is 4.80. The van der Waals surface area contributed by atoms with E-state index < -0.39 is 27.9 Å². The molecule has 0 fully saturated rings. The minimum absolute atomic E-state index is 0.0130. The number of hydrogen-bond acceptors (Lipinski definition) is 9. The summed E-state index contributed by atoms with van der Waals surface area (Å²) in [6.45, 7) is 5.95. The molecular formula is C31H32N4O8S. The molecule has 44 heavy (non-hydrogen) atoms. The zero-order valence-electron chi connectivity index (χ0n) is 24.3. The third-order valence-corrected chi connectivity index (χ3v) is 8.27. The molecule has 13 heteroatoms. The summed E-state index contributed by atoms with van der Waals surface area (Å²) < 4.78 is 45.7. The van der Waals surface area contributed by atoms with Crippen molar-refractivity contribution < 1.29 is 37.3 Å². The molecule has 12 nitrogen and oxygen atoms in total. The first kappa shape index (κ1) is 30.4. The van der Waals surface area contributed by atoms with Crippen molar-refractivity contribution in [2.24, 2.45) is 0 Å². The maximum atomic E-state index is 13.7. The number of sulfonamides is 1. The second kappa shape index (κ2) is 12.7. The van der Waals surface area contributed by atoms with Gasteiger partial charge in [0.15, 0.2) is 11.5 Å². The van der Waals surface area contributed by atoms with E-state index in [1.807, 2.05) is 20.8 Å². The maximum Gasteiger partial charge on any atom is 0.279 e. The number of aromatic amines is 1. The zero-order valence-corrected chi connectivity index (χ0v) is 25.1. The number of H-pyrrole nitrogens is 1. The van der Waals surface area contributed by atoms with E-state index in [4.69, 9.17) is 14.2 Å². The highest BCUT2D eigenvalue weighted by atomic mass is 32.2. The van der Waals surface area contributed by atoms with Crippen LogP contribution in [0.1, 0.15) is 66.3 Å². The number of nitrogens with zero attached hydrogens (tertiary/aromatic N) is 1. The number of hydrogen-bond donors (Lipinski definition) is 4. The average molecular weight is 621 g/mol. The highest BCUT2D eigenvalue weighted by Gasteiger charge is 2.30. The molecule has 230 valence electrons. The van der Waals surface area contributed by atoms with Crippen molar-refractivity contribution in [1.82, 2.24) is 14.7 Å². The van der Waals surface area contributed by atoms with E-state index >= 15 is 0 Å². The molecule has 0 aliphatic carbocycles. The Morgan fingerprint density at radius 2 is 1.75 bits per heavy atom. The van der Waals surface area contributed by atoms with Crippen molar-refractivity contribution in [1.29, 1.82) is 0 Å². The lowest BCUT2D eigenvalue weighted by molar-refractivity contribution is -0.126. The zero-order chi connectivity index (χ0) is 31.4. The van der Waals surface area contributed by atoms with Crippen LogP contribution in [-0.4, -0.2) is 42.1 Å². The number of amides is 2. The normalized spacial score (nSPS) is 13.0. The van der Waals surface area contributed by atoms with Crippen LogP contribution in [0.15, 0.2) is 71.8 Å². The molecule has 0 bridgehead atoms. The van der Waals surface area contributed by atoms with Gasteiger partial charge in [-0.25, -0.2) is 18.1 Å². The van der Waals surface area contributed by atoms with Crippen LogP contribution in [0.25, 0.3) is 0 Å². The van der Waals surface area contributed by atoms with Gasteiger partial charge in [-0.1, -0.05) is 45.4 Å². The Balaban J connectivity index is 1.45. The van der Waals surface area contributed by atoms with Crippen molar-refractivity contribution in [2.45, 2.75) is 50.5 Å². The Labute approximate surface area is 254 Å². The van der Waals surface area contributed by atoms with Gasteiger partial charge in [0.25, 0.3) is 21.8 Å². The number of aromatic hydroxyl groups is 1. The van der Waals surface area contributed by atoms with Crippen molar-refractivity contribution >= 4 is 27.8 Å². The Bertz CT molecular complexity index is 1780. The third kappa shape index (κ3) is 6.78. The lowest BCUT2D eigenvalue weighted by atomic mass is 10.0. The SMILES string of the molecule is CCCc1cc(C(=O)Nc2ncc(O)[nH]2)ccc1OC(C(=O)NS(=O)(=O)c1ccc(C(C)C)cc1)c1ccc2c(c1)OCO2. The van der Waals surface area contributed by atoms with Crippen LogP contribution in [0.4, 0.5) is 5.95 Å². The molecule has 0 saturated heterocycles. The summed E-state index contributed by atoms with van der Waals surface area (Å²) in [5, 5.41) is 12.0. The van der Waals surface area contributed by atoms with Crippen LogP contribution in [0.3, 0.4) is 0 Å². The first-order valence-electron chi connectivity index (χ1n) is 13.9. The van der Waals surface area contributed by atoms with Gasteiger partial charge in [0.1, 0.15) is 5.75 Å². The highest BCUT2D eigenvalue weighted by molar-refractivity contribution is 7.90. The van der Waals surface area contributed by atoms with Crippen LogP contribution in [0.2, 0.25) is 0 Å². The van der Waals surface area contributed by atoms with E-state index in [1.54, 1.807) is 42.5 Å². The van der Waals surface area contributed by atoms with E-state index in [0.717, 1.165) is 11.8 Å². The second-order valence-corrected chi connectivity index (χ2v) is 12.1. The minimum atomic E-state index is -4.24. The summed E-state index contributed by atoms with van der Waals surface area (Å²) in [5.41, 5.74) is 2.19. The van der Waals surface area contributed by atoms with Gasteiger partial charge >= 0.3 is 0 Å². The topological polar surface area (TPSA) is 169 Å². The number of carbonyl (C=O) groups excluding carboxylic acids is 2. The van der Waals surface area contributed by atoms with E-state index in [2.05, 4.69) is 20.0 Å². The number of aryl methyl sites for hydroxylation is 1. The maximum absolute atomic E-state index is 13.7. The number of anilines is 1. The van der Waals surface area contributed by atoms with Gasteiger partial charge in [-0.2, -0.15) is 0 Å². The number of aromatic nitrogens is 2. The lowest BCUT2D eigenvalue weighted by Gasteiger charge is -2.22. The number of fused-ring (bicyclic) bond motifs is 1. The fourth-order valence-corrected chi connectivity index (χ4v) is 5.59. The molecule has 0 radical (unpaired) electrons. The molecule has 1 aromatic heterocycles. The molecule has 1 atom stereocenters. The molecule has 1 aliphatic heterocycles. The Morgan fingerprint density at radius 3 is 2.43 bits per heavy atom. The molecule has 2 heterocycles. The lowest BCUT2D eigenvalue weighted by Crippen LogP contribution is -2.37. The van der Waals surface area contributed by atoms with Crippen LogP contribution in [0.5, 0.6) is 23.1 Å². The number of benzene rings is 3. The summed E-state index contributed by atoms with van der Waals surface area (Å²) in [5.74, 6) is -0.156. The smallest absolute Gasteiger partial charge is 0.279 e. The van der Waals surface area contributed by atoms with Crippen LogP contribution in [0, 0.1) is 0 Å². The largest absolute Gasteiger partial charge is 0.493 e. The van der Waals surface area contributed by atoms with E-state index in [-0.39, 0.29) is 40.7 Å². The molecule has 2 amide bonds. The van der Waals surface area contributed by atoms with Crippen molar-refractivity contribution in [2.75, 3.05) is 12.1 Å². The first-order chi connectivity index (χ1) is 21.0. The molecule has 3 aromatic carbocycles. The Hall–Kier alpha value is -5.04. The van der Waals surface area contributed by atoms with Gasteiger partial charge in [-0.05, 0) is 65.9 Å². The number of imidazole rings is 1. The Morgan fingerprint density at radius 1 is 1.02 bits per heavy atom. The standard InChI is InChI=1S/C31H32N4O8S/c1-4-5-20-14-22(29(37)34-31-32-16-27(36)33-31)9-12-24(20)43-28(21-8-13-25-26(15-21)42-17-41-25)30(38)35-44(39,40)23-10-6-19(7-11-23)18(2)3/h6-16,18,28,36H,4-5,17H2,1-3H3,(H,35,38)(H2,32,33,34,37). The fraction of sp³-hybridized carbons (Fsp3) is 0.258. The number of ether oxygens (including phenoxy) is 3. The molecule has 4 aromatic rings. The predicted molar refractivity (Wildman–Crippen MR) is 160 cm³/mol. The summed E-state index contributed by atoms with van der Waals surface area (Å²) >= 11 is 0. The van der Waals surface area contributed by atoms with Crippen LogP contribution < -0.4 is 24.2 Å². The Kier molecular flexibility index (Phi) is 8.76. The van der Waals surface area contributed by atoms with Crippen molar-refractivity contribution in [3.05, 3.63) is 89.1 Å². The highest BCUT2D eigenvalue weighted by Crippen LogP contribution is 2.36. The third-order valence-electron chi connectivity index (χ3n) is 6.91. The summed E-state index contributed by atoms with van der Waals surface area (Å²) in [7, 11) is -4.24. The van der Waals surface area contributed by atoms with Gasteiger partial charge < -0.3 is 19.3 Å². The molecule has 1 unspecified atom stereocenters. The van der Waals surface area contributed by atoms with Gasteiger partial charge in [-0.3, -0.25) is 19.9 Å². The van der Waals surface area contributed by atoms with Crippen molar-refractivity contribution in [3.8, 4) is 23.1 Å². The molecule has 0 spiro atoms. The first-order valence-corrected chi connectivity index (χ1v) is 15.4. The fourth-order valence-electron chi connectivity index (χ4n) is 4.61. The number of carbonyl (C=O) groups is 2. The average Bonchev–Trinajstić information content (AvgIpc) is 3.64. The minimum Gasteiger partial charge on any atom is -0.493 e. The monoisotopic (exact) mass is 620 g/mol. The van der Waals surface area contributed by atoms with Gasteiger partial charge in [0.2, 0.25) is 24.7 Å². The molecule has 5 rings (SSSR count). The molecular weight excluding hydrogens is 588 g/mol. The molecule has 0 saturated carbocycles. The van der Waals surface area contributed by atoms with E-state index in [9.17, 15) is 23.1 Å². The van der Waals surface area contributed by atoms with E-state index in [0.29, 0.717) is 35.5 Å². The number of nitrogens with one attached hydrogen (secondary N) is 3. The summed E-state index contributed by atoms with van der Waals surface area (Å²) in [6, 6.07) is 15.8. The molecule has 1 aliphatic rings. The van der Waals surface area contributed by atoms with Gasteiger partial charge in [0, 0.05) is 11.1 Å². The van der Waals surface area contributed by atoms with Crippen LogP contribution >= 0.6 is 0 Å². The summed E-state index contributed by atoms with van der Waals surface area (Å²) in [6.07, 6.45) is 0.941. The quantitative estimate of drug-likeness (QED) is 0.184. The van der Waals surface area contributed by atoms with Gasteiger partial charge in [-0.15, -0.1) is 0 Å². The molecule has 4 N–H and O–H groups in total. The van der Waals surface area contributed by atoms with E-state index in [1.165, 1.54) is 18.2 Å². The van der Waals surface area contributed by atoms with Gasteiger partial charge in [0.05, 0.1) is 11.1 Å². The van der Waals surface area contributed by atoms with Crippen molar-refractivity contribution in [3.63, 3.8) is 0 Å². The van der Waals surface area contributed by atoms with Crippen LogP contribution in [-0.2, 0) is 21.2 Å². The number of rotatable bonds is 11. The second-order valence-electron chi connectivity index (χ2n) is 10.4. The summed E-state index contributed by atoms with van der Waals surface area (Å²) in [4.78, 5) is 32.8.